The summed E-state index contributed by atoms with van der Waals surface area (Å²) in [5.74, 6) is -1.02. The largest absolute Gasteiger partial charge is 0.508 e. The summed E-state index contributed by atoms with van der Waals surface area (Å²) >= 11 is 0. The standard InChI is InChI=1S/C21H25NO5/c1-21(2,3)27-20(26)22(14-16-7-5-4-6-8-16)18(19(24)25)13-15-9-11-17(23)12-10-15/h4-12,18,23H,13-14H2,1-3H3,(H,24,25)/t18-/m0/s1. The van der Waals surface area contributed by atoms with Gasteiger partial charge in [0.05, 0.1) is 0 Å². The number of rotatable bonds is 6. The van der Waals surface area contributed by atoms with Crippen LogP contribution in [-0.2, 0) is 22.5 Å². The molecular weight excluding hydrogens is 346 g/mol. The molecule has 6 nitrogen and oxygen atoms in total. The van der Waals surface area contributed by atoms with Gasteiger partial charge in [0.25, 0.3) is 0 Å². The van der Waals surface area contributed by atoms with Gasteiger partial charge in [-0.2, -0.15) is 0 Å². The topological polar surface area (TPSA) is 87.1 Å². The lowest BCUT2D eigenvalue weighted by Crippen LogP contribution is -2.47. The first-order valence-corrected chi connectivity index (χ1v) is 8.70. The molecule has 2 rings (SSSR count). The molecule has 0 saturated heterocycles. The van der Waals surface area contributed by atoms with Crippen molar-refractivity contribution in [3.63, 3.8) is 0 Å². The third-order valence-electron chi connectivity index (χ3n) is 3.85. The van der Waals surface area contributed by atoms with Gasteiger partial charge < -0.3 is 14.9 Å². The number of phenolic OH excluding ortho intramolecular Hbond substituents is 1. The number of aromatic hydroxyl groups is 1. The Bertz CT molecular complexity index is 765. The number of hydrogen-bond acceptors (Lipinski definition) is 4. The average molecular weight is 371 g/mol. The number of carboxylic acid groups (broad SMARTS) is 1. The number of aliphatic carboxylic acids is 1. The van der Waals surface area contributed by atoms with Crippen molar-refractivity contribution in [1.82, 2.24) is 4.90 Å². The fraction of sp³-hybridized carbons (Fsp3) is 0.333. The summed E-state index contributed by atoms with van der Waals surface area (Å²) in [6.07, 6.45) is -0.584. The second kappa shape index (κ2) is 8.58. The Balaban J connectivity index is 2.32. The van der Waals surface area contributed by atoms with E-state index in [1.165, 1.54) is 17.0 Å². The van der Waals surface area contributed by atoms with Crippen LogP contribution in [0, 0.1) is 0 Å². The van der Waals surface area contributed by atoms with Gasteiger partial charge in [0.1, 0.15) is 17.4 Å². The van der Waals surface area contributed by atoms with Crippen LogP contribution in [0.4, 0.5) is 4.79 Å². The first-order valence-electron chi connectivity index (χ1n) is 8.70. The Hall–Kier alpha value is -3.02. The molecule has 2 aromatic rings. The highest BCUT2D eigenvalue weighted by molar-refractivity contribution is 5.80. The van der Waals surface area contributed by atoms with Gasteiger partial charge in [-0.1, -0.05) is 42.5 Å². The highest BCUT2D eigenvalue weighted by Gasteiger charge is 2.33. The zero-order chi connectivity index (χ0) is 20.0. The minimum absolute atomic E-state index is 0.0962. The van der Waals surface area contributed by atoms with E-state index in [4.69, 9.17) is 4.74 Å². The molecule has 0 fully saturated rings. The summed E-state index contributed by atoms with van der Waals surface area (Å²) in [7, 11) is 0. The minimum Gasteiger partial charge on any atom is -0.508 e. The molecule has 0 heterocycles. The normalized spacial score (nSPS) is 12.3. The van der Waals surface area contributed by atoms with Gasteiger partial charge >= 0.3 is 12.1 Å². The number of ether oxygens (including phenoxy) is 1. The monoisotopic (exact) mass is 371 g/mol. The summed E-state index contributed by atoms with van der Waals surface area (Å²) < 4.78 is 5.44. The molecule has 1 atom stereocenters. The fourth-order valence-corrected chi connectivity index (χ4v) is 2.59. The third-order valence-corrected chi connectivity index (χ3v) is 3.85. The Kier molecular flexibility index (Phi) is 6.45. The second-order valence-corrected chi connectivity index (χ2v) is 7.32. The Labute approximate surface area is 159 Å². The van der Waals surface area contributed by atoms with E-state index in [1.807, 2.05) is 30.3 Å². The molecule has 1 amide bonds. The number of amides is 1. The molecule has 0 aliphatic rings. The SMILES string of the molecule is CC(C)(C)OC(=O)N(Cc1ccccc1)[C@@H](Cc1ccc(O)cc1)C(=O)O. The number of benzene rings is 2. The molecule has 0 saturated carbocycles. The molecule has 27 heavy (non-hydrogen) atoms. The smallest absolute Gasteiger partial charge is 0.411 e. The van der Waals surface area contributed by atoms with Crippen molar-refractivity contribution in [3.05, 3.63) is 65.7 Å². The van der Waals surface area contributed by atoms with Crippen LogP contribution < -0.4 is 0 Å². The van der Waals surface area contributed by atoms with Gasteiger partial charge in [-0.15, -0.1) is 0 Å². The molecule has 0 spiro atoms. The average Bonchev–Trinajstić information content (AvgIpc) is 2.58. The number of phenols is 1. The van der Waals surface area contributed by atoms with Gasteiger partial charge in [-0.3, -0.25) is 4.90 Å². The number of carbonyl (C=O) groups excluding carboxylic acids is 1. The molecule has 0 bridgehead atoms. The summed E-state index contributed by atoms with van der Waals surface area (Å²) in [5.41, 5.74) is 0.760. The lowest BCUT2D eigenvalue weighted by Gasteiger charge is -2.31. The van der Waals surface area contributed by atoms with Gasteiger partial charge in [0, 0.05) is 13.0 Å². The highest BCUT2D eigenvalue weighted by atomic mass is 16.6. The van der Waals surface area contributed by atoms with Crippen LogP contribution in [0.5, 0.6) is 5.75 Å². The van der Waals surface area contributed by atoms with Crippen molar-refractivity contribution < 1.29 is 24.5 Å². The van der Waals surface area contributed by atoms with Crippen LogP contribution in [0.1, 0.15) is 31.9 Å². The van der Waals surface area contributed by atoms with Gasteiger partial charge in [0.15, 0.2) is 0 Å². The van der Waals surface area contributed by atoms with Gasteiger partial charge in [-0.05, 0) is 44.0 Å². The predicted octanol–water partition coefficient (Wildman–Crippen LogP) is 3.83. The molecule has 0 aliphatic carbocycles. The van der Waals surface area contributed by atoms with Crippen molar-refractivity contribution in [1.29, 1.82) is 0 Å². The van der Waals surface area contributed by atoms with E-state index < -0.39 is 23.7 Å². The van der Waals surface area contributed by atoms with Crippen LogP contribution in [0.15, 0.2) is 54.6 Å². The van der Waals surface area contributed by atoms with E-state index >= 15 is 0 Å². The molecule has 2 aromatic carbocycles. The third kappa shape index (κ3) is 6.33. The van der Waals surface area contributed by atoms with Crippen molar-refractivity contribution in [2.45, 2.75) is 45.4 Å². The van der Waals surface area contributed by atoms with Crippen molar-refractivity contribution in [2.24, 2.45) is 0 Å². The maximum absolute atomic E-state index is 12.8. The maximum atomic E-state index is 12.8. The van der Waals surface area contributed by atoms with Crippen LogP contribution in [0.25, 0.3) is 0 Å². The van der Waals surface area contributed by atoms with Crippen LogP contribution in [0.3, 0.4) is 0 Å². The van der Waals surface area contributed by atoms with Gasteiger partial charge in [-0.25, -0.2) is 9.59 Å². The van der Waals surface area contributed by atoms with Crippen LogP contribution in [-0.4, -0.2) is 38.8 Å². The quantitative estimate of drug-likeness (QED) is 0.806. The Morgan fingerprint density at radius 3 is 2.11 bits per heavy atom. The Morgan fingerprint density at radius 2 is 1.59 bits per heavy atom. The molecule has 2 N–H and O–H groups in total. The minimum atomic E-state index is -1.12. The maximum Gasteiger partial charge on any atom is 0.411 e. The highest BCUT2D eigenvalue weighted by Crippen LogP contribution is 2.19. The molecule has 0 aromatic heterocycles. The number of carbonyl (C=O) groups is 2. The molecule has 0 aliphatic heterocycles. The fourth-order valence-electron chi connectivity index (χ4n) is 2.59. The Morgan fingerprint density at radius 1 is 1.00 bits per heavy atom. The number of carboxylic acids is 1. The van der Waals surface area contributed by atoms with Gasteiger partial charge in [0.2, 0.25) is 0 Å². The van der Waals surface area contributed by atoms with Crippen LogP contribution >= 0.6 is 0 Å². The lowest BCUT2D eigenvalue weighted by molar-refractivity contribution is -0.143. The first kappa shape index (κ1) is 20.3. The van der Waals surface area contributed by atoms with Crippen molar-refractivity contribution >= 4 is 12.1 Å². The van der Waals surface area contributed by atoms with E-state index in [0.717, 1.165) is 5.56 Å². The van der Waals surface area contributed by atoms with E-state index in [1.54, 1.807) is 32.9 Å². The zero-order valence-electron chi connectivity index (χ0n) is 15.8. The second-order valence-electron chi connectivity index (χ2n) is 7.32. The van der Waals surface area contributed by atoms with Crippen LogP contribution in [0.2, 0.25) is 0 Å². The molecule has 144 valence electrons. The summed E-state index contributed by atoms with van der Waals surface area (Å²) in [6.45, 7) is 5.33. The van der Waals surface area contributed by atoms with Crippen molar-refractivity contribution in [3.8, 4) is 5.75 Å². The lowest BCUT2D eigenvalue weighted by atomic mass is 10.0. The summed E-state index contributed by atoms with van der Waals surface area (Å²) in [4.78, 5) is 26.0. The predicted molar refractivity (Wildman–Crippen MR) is 101 cm³/mol. The number of nitrogens with zero attached hydrogens (tertiary/aromatic N) is 1. The molecule has 0 unspecified atom stereocenters. The zero-order valence-corrected chi connectivity index (χ0v) is 15.8. The van der Waals surface area contributed by atoms with E-state index in [-0.39, 0.29) is 18.7 Å². The molecule has 0 radical (unpaired) electrons. The molecule has 6 heteroatoms. The molecular formula is C21H25NO5. The van der Waals surface area contributed by atoms with E-state index in [9.17, 15) is 19.8 Å². The summed E-state index contributed by atoms with van der Waals surface area (Å²) in [6, 6.07) is 14.3. The first-order chi connectivity index (χ1) is 12.7. The summed E-state index contributed by atoms with van der Waals surface area (Å²) in [5, 5.41) is 19.2. The van der Waals surface area contributed by atoms with E-state index in [2.05, 4.69) is 0 Å². The van der Waals surface area contributed by atoms with E-state index in [0.29, 0.717) is 5.56 Å². The number of hydrogen-bond donors (Lipinski definition) is 2. The van der Waals surface area contributed by atoms with Crippen molar-refractivity contribution in [2.75, 3.05) is 0 Å².